The second-order valence-corrected chi connectivity index (χ2v) is 3.84. The fourth-order valence-electron chi connectivity index (χ4n) is 1.34. The van der Waals surface area contributed by atoms with Crippen molar-refractivity contribution in [3.8, 4) is 5.75 Å². The third kappa shape index (κ3) is 1.61. The van der Waals surface area contributed by atoms with E-state index in [1.807, 2.05) is 0 Å². The van der Waals surface area contributed by atoms with E-state index in [0.717, 1.165) is 12.0 Å². The number of ether oxygens (including phenoxy) is 1. The third-order valence-corrected chi connectivity index (χ3v) is 2.76. The van der Waals surface area contributed by atoms with Gasteiger partial charge in [0.25, 0.3) is 0 Å². The van der Waals surface area contributed by atoms with Gasteiger partial charge in [0.1, 0.15) is 11.6 Å². The Morgan fingerprint density at radius 2 is 2.23 bits per heavy atom. The minimum Gasteiger partial charge on any atom is -0.493 e. The van der Waals surface area contributed by atoms with Gasteiger partial charge in [-0.25, -0.2) is 4.39 Å². The maximum atomic E-state index is 13.0. The molecular weight excluding hydrogens is 214 g/mol. The predicted molar refractivity (Wildman–Crippen MR) is 50.1 cm³/mol. The molecule has 1 aliphatic heterocycles. The summed E-state index contributed by atoms with van der Waals surface area (Å²) in [6.07, 6.45) is 0.733. The van der Waals surface area contributed by atoms with E-state index in [0.29, 0.717) is 12.4 Å². The SMILES string of the molecule is Fc1cc2c(cc1Cl)C(Cl)CCO2. The van der Waals surface area contributed by atoms with Gasteiger partial charge in [0, 0.05) is 18.1 Å². The lowest BCUT2D eigenvalue weighted by atomic mass is 10.1. The lowest BCUT2D eigenvalue weighted by molar-refractivity contribution is 0.283. The van der Waals surface area contributed by atoms with E-state index < -0.39 is 5.82 Å². The molecule has 1 aromatic rings. The van der Waals surface area contributed by atoms with E-state index in [4.69, 9.17) is 27.9 Å². The van der Waals surface area contributed by atoms with Crippen molar-refractivity contribution in [1.82, 2.24) is 0 Å². The van der Waals surface area contributed by atoms with Gasteiger partial charge < -0.3 is 4.74 Å². The van der Waals surface area contributed by atoms with Gasteiger partial charge in [-0.2, -0.15) is 0 Å². The molecule has 70 valence electrons. The minimum absolute atomic E-state index is 0.0925. The fourth-order valence-corrected chi connectivity index (χ4v) is 1.77. The van der Waals surface area contributed by atoms with Gasteiger partial charge in [-0.15, -0.1) is 11.6 Å². The van der Waals surface area contributed by atoms with Gasteiger partial charge in [0.15, 0.2) is 0 Å². The Kier molecular flexibility index (Phi) is 2.35. The number of hydrogen-bond donors (Lipinski definition) is 0. The van der Waals surface area contributed by atoms with E-state index in [1.165, 1.54) is 12.1 Å². The van der Waals surface area contributed by atoms with Crippen molar-refractivity contribution in [2.75, 3.05) is 6.61 Å². The highest BCUT2D eigenvalue weighted by Gasteiger charge is 2.21. The molecule has 0 fully saturated rings. The molecule has 13 heavy (non-hydrogen) atoms. The van der Waals surface area contributed by atoms with Gasteiger partial charge >= 0.3 is 0 Å². The van der Waals surface area contributed by atoms with Crippen molar-refractivity contribution in [3.63, 3.8) is 0 Å². The molecule has 0 radical (unpaired) electrons. The zero-order valence-electron chi connectivity index (χ0n) is 6.69. The highest BCUT2D eigenvalue weighted by Crippen LogP contribution is 2.38. The molecule has 0 bridgehead atoms. The number of fused-ring (bicyclic) bond motifs is 1. The van der Waals surface area contributed by atoms with Gasteiger partial charge in [-0.1, -0.05) is 11.6 Å². The molecule has 0 N–H and O–H groups in total. The number of rotatable bonds is 0. The van der Waals surface area contributed by atoms with E-state index in [1.54, 1.807) is 0 Å². The maximum absolute atomic E-state index is 13.0. The molecule has 1 aliphatic rings. The average molecular weight is 221 g/mol. The molecule has 4 heteroatoms. The Hall–Kier alpha value is -0.470. The van der Waals surface area contributed by atoms with Crippen LogP contribution in [0.1, 0.15) is 17.4 Å². The first-order valence-corrected chi connectivity index (χ1v) is 4.76. The Morgan fingerprint density at radius 3 is 3.00 bits per heavy atom. The standard InChI is InChI=1S/C9H7Cl2FO/c10-6-1-2-13-9-4-8(12)7(11)3-5(6)9/h3-4,6H,1-2H2. The summed E-state index contributed by atoms with van der Waals surface area (Å²) in [5.74, 6) is 0.0410. The minimum atomic E-state index is -0.466. The van der Waals surface area contributed by atoms with Crippen LogP contribution in [0.25, 0.3) is 0 Å². The second-order valence-electron chi connectivity index (χ2n) is 2.91. The maximum Gasteiger partial charge on any atom is 0.145 e. The average Bonchev–Trinajstić information content (AvgIpc) is 2.09. The van der Waals surface area contributed by atoms with Crippen molar-refractivity contribution >= 4 is 23.2 Å². The van der Waals surface area contributed by atoms with Gasteiger partial charge in [0.05, 0.1) is 17.0 Å². The largest absolute Gasteiger partial charge is 0.493 e. The molecule has 2 rings (SSSR count). The Balaban J connectivity index is 2.52. The molecule has 0 amide bonds. The summed E-state index contributed by atoms with van der Waals surface area (Å²) in [5, 5.41) is -0.0308. The van der Waals surface area contributed by atoms with E-state index in [9.17, 15) is 4.39 Å². The highest BCUT2D eigenvalue weighted by molar-refractivity contribution is 6.31. The Morgan fingerprint density at radius 1 is 1.46 bits per heavy atom. The Bertz CT molecular complexity index is 341. The molecule has 1 aromatic carbocycles. The molecule has 1 nitrogen and oxygen atoms in total. The summed E-state index contributed by atoms with van der Waals surface area (Å²) in [7, 11) is 0. The summed E-state index contributed by atoms with van der Waals surface area (Å²) in [6, 6.07) is 2.81. The molecule has 1 heterocycles. The van der Waals surface area contributed by atoms with Gasteiger partial charge in [-0.05, 0) is 6.07 Å². The zero-order chi connectivity index (χ0) is 9.42. The molecular formula is C9H7Cl2FO. The first kappa shape index (κ1) is 9.10. The van der Waals surface area contributed by atoms with Crippen molar-refractivity contribution in [1.29, 1.82) is 0 Å². The van der Waals surface area contributed by atoms with Gasteiger partial charge in [-0.3, -0.25) is 0 Å². The van der Waals surface area contributed by atoms with E-state index >= 15 is 0 Å². The smallest absolute Gasteiger partial charge is 0.145 e. The Labute approximate surface area is 85.4 Å². The zero-order valence-corrected chi connectivity index (χ0v) is 8.20. The molecule has 0 spiro atoms. The van der Waals surface area contributed by atoms with Crippen LogP contribution < -0.4 is 4.74 Å². The summed E-state index contributed by atoms with van der Waals surface area (Å²) in [6.45, 7) is 0.530. The van der Waals surface area contributed by atoms with Crippen LogP contribution in [0.3, 0.4) is 0 Å². The van der Waals surface area contributed by atoms with Crippen LogP contribution in [-0.4, -0.2) is 6.61 Å². The summed E-state index contributed by atoms with van der Waals surface area (Å²) < 4.78 is 18.2. The molecule has 0 saturated carbocycles. The van der Waals surface area contributed by atoms with Crippen LogP contribution >= 0.6 is 23.2 Å². The van der Waals surface area contributed by atoms with E-state index in [-0.39, 0.29) is 10.4 Å². The third-order valence-electron chi connectivity index (χ3n) is 2.02. The summed E-state index contributed by atoms with van der Waals surface area (Å²) in [5.41, 5.74) is 0.777. The van der Waals surface area contributed by atoms with Crippen molar-refractivity contribution in [2.45, 2.75) is 11.8 Å². The molecule has 0 aliphatic carbocycles. The number of halogens is 3. The quantitative estimate of drug-likeness (QED) is 0.608. The number of hydrogen-bond acceptors (Lipinski definition) is 1. The first-order chi connectivity index (χ1) is 6.18. The highest BCUT2D eigenvalue weighted by atomic mass is 35.5. The van der Waals surface area contributed by atoms with Crippen LogP contribution in [-0.2, 0) is 0 Å². The molecule has 1 unspecified atom stereocenters. The summed E-state index contributed by atoms with van der Waals surface area (Å²) >= 11 is 11.6. The number of benzene rings is 1. The fraction of sp³-hybridized carbons (Fsp3) is 0.333. The van der Waals surface area contributed by atoms with Crippen LogP contribution in [0.5, 0.6) is 5.75 Å². The predicted octanol–water partition coefficient (Wildman–Crippen LogP) is 3.54. The van der Waals surface area contributed by atoms with Crippen molar-refractivity contribution in [2.24, 2.45) is 0 Å². The van der Waals surface area contributed by atoms with Crippen LogP contribution in [0.4, 0.5) is 4.39 Å². The molecule has 1 atom stereocenters. The summed E-state index contributed by atoms with van der Waals surface area (Å²) in [4.78, 5) is 0. The van der Waals surface area contributed by atoms with Crippen LogP contribution in [0.2, 0.25) is 5.02 Å². The van der Waals surface area contributed by atoms with Crippen molar-refractivity contribution in [3.05, 3.63) is 28.5 Å². The van der Waals surface area contributed by atoms with Crippen LogP contribution in [0.15, 0.2) is 12.1 Å². The number of alkyl halides is 1. The molecule has 0 saturated heterocycles. The lowest BCUT2D eigenvalue weighted by Gasteiger charge is -2.21. The monoisotopic (exact) mass is 220 g/mol. The normalized spacial score (nSPS) is 20.7. The topological polar surface area (TPSA) is 9.23 Å². The van der Waals surface area contributed by atoms with Crippen LogP contribution in [0, 0.1) is 5.82 Å². The van der Waals surface area contributed by atoms with Gasteiger partial charge in [0.2, 0.25) is 0 Å². The lowest BCUT2D eigenvalue weighted by Crippen LogP contribution is -2.10. The molecule has 0 aromatic heterocycles. The second kappa shape index (κ2) is 3.35. The first-order valence-electron chi connectivity index (χ1n) is 3.94. The van der Waals surface area contributed by atoms with E-state index in [2.05, 4.69) is 0 Å². The van der Waals surface area contributed by atoms with Crippen molar-refractivity contribution < 1.29 is 9.13 Å².